The maximum Gasteiger partial charge on any atom is 0.263 e. The fourth-order valence-electron chi connectivity index (χ4n) is 1.89. The van der Waals surface area contributed by atoms with Gasteiger partial charge in [0, 0.05) is 25.1 Å². The number of nitrogens with one attached hydrogen (secondary N) is 1. The van der Waals surface area contributed by atoms with Gasteiger partial charge in [-0.2, -0.15) is 5.10 Å². The largest absolute Gasteiger partial charge is 0.347 e. The van der Waals surface area contributed by atoms with Gasteiger partial charge in [0.1, 0.15) is 4.88 Å². The molecule has 0 bridgehead atoms. The third-order valence-corrected chi connectivity index (χ3v) is 3.59. The SMILES string of the molecule is O=C(NCc1ccccc1-n1cccn1)c1ccns1. The van der Waals surface area contributed by atoms with E-state index in [1.54, 1.807) is 23.1 Å². The number of para-hydroxylation sites is 1. The van der Waals surface area contributed by atoms with Crippen LogP contribution >= 0.6 is 11.5 Å². The van der Waals surface area contributed by atoms with Crippen LogP contribution < -0.4 is 5.32 Å². The molecule has 3 aromatic rings. The molecule has 0 unspecified atom stereocenters. The molecule has 6 heteroatoms. The van der Waals surface area contributed by atoms with Crippen molar-refractivity contribution >= 4 is 17.4 Å². The Morgan fingerprint density at radius 3 is 2.85 bits per heavy atom. The zero-order valence-corrected chi connectivity index (χ0v) is 11.4. The minimum Gasteiger partial charge on any atom is -0.347 e. The highest BCUT2D eigenvalue weighted by atomic mass is 32.1. The second-order valence-corrected chi connectivity index (χ2v) is 4.97. The average molecular weight is 284 g/mol. The Bertz CT molecular complexity index is 692. The molecule has 20 heavy (non-hydrogen) atoms. The lowest BCUT2D eigenvalue weighted by Gasteiger charge is -2.10. The van der Waals surface area contributed by atoms with Crippen LogP contribution in [0, 0.1) is 0 Å². The van der Waals surface area contributed by atoms with Gasteiger partial charge < -0.3 is 5.32 Å². The van der Waals surface area contributed by atoms with E-state index in [1.165, 1.54) is 11.5 Å². The summed E-state index contributed by atoms with van der Waals surface area (Å²) in [5.74, 6) is -0.109. The maximum atomic E-state index is 11.9. The molecule has 0 aliphatic rings. The predicted molar refractivity (Wildman–Crippen MR) is 76.8 cm³/mol. The lowest BCUT2D eigenvalue weighted by Crippen LogP contribution is -2.22. The van der Waals surface area contributed by atoms with Gasteiger partial charge in [0.15, 0.2) is 0 Å². The summed E-state index contributed by atoms with van der Waals surface area (Å²) >= 11 is 1.19. The molecule has 100 valence electrons. The highest BCUT2D eigenvalue weighted by Crippen LogP contribution is 2.13. The summed E-state index contributed by atoms with van der Waals surface area (Å²) in [5.41, 5.74) is 1.97. The van der Waals surface area contributed by atoms with Gasteiger partial charge in [-0.1, -0.05) is 18.2 Å². The first-order valence-corrected chi connectivity index (χ1v) is 6.89. The zero-order chi connectivity index (χ0) is 13.8. The second-order valence-electron chi connectivity index (χ2n) is 4.14. The molecule has 0 saturated heterocycles. The van der Waals surface area contributed by atoms with E-state index in [9.17, 15) is 4.79 Å². The van der Waals surface area contributed by atoms with Crippen LogP contribution in [0.5, 0.6) is 0 Å². The van der Waals surface area contributed by atoms with Crippen LogP contribution in [0.25, 0.3) is 5.69 Å². The standard InChI is InChI=1S/C14H12N4OS/c19-14(13-6-8-17-20-13)15-10-11-4-1-2-5-12(11)18-9-3-7-16-18/h1-9H,10H2,(H,15,19). The maximum absolute atomic E-state index is 11.9. The van der Waals surface area contributed by atoms with Crippen LogP contribution in [0.3, 0.4) is 0 Å². The summed E-state index contributed by atoms with van der Waals surface area (Å²) in [7, 11) is 0. The number of rotatable bonds is 4. The Morgan fingerprint density at radius 1 is 1.20 bits per heavy atom. The summed E-state index contributed by atoms with van der Waals surface area (Å²) in [4.78, 5) is 12.5. The van der Waals surface area contributed by atoms with Crippen LogP contribution in [0.1, 0.15) is 15.2 Å². The third kappa shape index (κ3) is 2.60. The molecule has 0 spiro atoms. The number of carbonyl (C=O) groups excluding carboxylic acids is 1. The minimum atomic E-state index is -0.109. The van der Waals surface area contributed by atoms with Gasteiger partial charge in [-0.3, -0.25) is 4.79 Å². The first-order chi connectivity index (χ1) is 9.84. The van der Waals surface area contributed by atoms with Crippen molar-refractivity contribution in [1.29, 1.82) is 0 Å². The molecule has 3 rings (SSSR count). The Kier molecular flexibility index (Phi) is 3.56. The monoisotopic (exact) mass is 284 g/mol. The van der Waals surface area contributed by atoms with Crippen molar-refractivity contribution < 1.29 is 4.79 Å². The van der Waals surface area contributed by atoms with Gasteiger partial charge in [-0.25, -0.2) is 9.06 Å². The molecule has 0 fully saturated rings. The van der Waals surface area contributed by atoms with Gasteiger partial charge in [0.2, 0.25) is 0 Å². The molecule has 1 aromatic carbocycles. The molecule has 0 atom stereocenters. The summed E-state index contributed by atoms with van der Waals surface area (Å²) in [6, 6.07) is 11.4. The molecular weight excluding hydrogens is 272 g/mol. The van der Waals surface area contributed by atoms with Crippen molar-refractivity contribution in [3.8, 4) is 5.69 Å². The number of hydrogen-bond acceptors (Lipinski definition) is 4. The highest BCUT2D eigenvalue weighted by molar-refractivity contribution is 7.08. The van der Waals surface area contributed by atoms with Gasteiger partial charge in [-0.05, 0) is 35.3 Å². The minimum absolute atomic E-state index is 0.109. The fourth-order valence-corrected chi connectivity index (χ4v) is 2.40. The summed E-state index contributed by atoms with van der Waals surface area (Å²) in [6.07, 6.45) is 5.23. The molecule has 1 amide bonds. The lowest BCUT2D eigenvalue weighted by atomic mass is 10.2. The number of amides is 1. The highest BCUT2D eigenvalue weighted by Gasteiger charge is 2.09. The topological polar surface area (TPSA) is 59.8 Å². The van der Waals surface area contributed by atoms with Crippen LogP contribution in [-0.4, -0.2) is 20.1 Å². The molecule has 0 radical (unpaired) electrons. The lowest BCUT2D eigenvalue weighted by molar-refractivity contribution is 0.0955. The van der Waals surface area contributed by atoms with E-state index in [0.717, 1.165) is 11.3 Å². The van der Waals surface area contributed by atoms with Crippen LogP contribution in [0.4, 0.5) is 0 Å². The third-order valence-electron chi connectivity index (χ3n) is 2.84. The fraction of sp³-hybridized carbons (Fsp3) is 0.0714. The molecule has 0 aliphatic carbocycles. The number of hydrogen-bond donors (Lipinski definition) is 1. The van der Waals surface area contributed by atoms with E-state index in [-0.39, 0.29) is 5.91 Å². The van der Waals surface area contributed by atoms with Crippen LogP contribution in [0.2, 0.25) is 0 Å². The molecular formula is C14H12N4OS. The van der Waals surface area contributed by atoms with Crippen molar-refractivity contribution in [2.45, 2.75) is 6.54 Å². The number of carbonyl (C=O) groups is 1. The molecule has 0 aliphatic heterocycles. The summed E-state index contributed by atoms with van der Waals surface area (Å²) in [5, 5.41) is 7.11. The zero-order valence-electron chi connectivity index (χ0n) is 10.6. The smallest absolute Gasteiger partial charge is 0.263 e. The van der Waals surface area contributed by atoms with Crippen molar-refractivity contribution in [2.75, 3.05) is 0 Å². The molecule has 2 heterocycles. The Hall–Kier alpha value is -2.47. The molecule has 2 aromatic heterocycles. The summed E-state index contributed by atoms with van der Waals surface area (Å²) < 4.78 is 5.71. The van der Waals surface area contributed by atoms with Crippen LogP contribution in [0.15, 0.2) is 55.0 Å². The number of benzene rings is 1. The molecule has 0 saturated carbocycles. The van der Waals surface area contributed by atoms with E-state index >= 15 is 0 Å². The number of aromatic nitrogens is 3. The van der Waals surface area contributed by atoms with Crippen molar-refractivity contribution in [3.05, 3.63) is 65.4 Å². The van der Waals surface area contributed by atoms with E-state index < -0.39 is 0 Å². The van der Waals surface area contributed by atoms with Gasteiger partial charge in [0.05, 0.1) is 5.69 Å². The number of nitrogens with zero attached hydrogens (tertiary/aromatic N) is 3. The quantitative estimate of drug-likeness (QED) is 0.799. The van der Waals surface area contributed by atoms with Crippen LogP contribution in [-0.2, 0) is 6.54 Å². The van der Waals surface area contributed by atoms with E-state index in [0.29, 0.717) is 11.4 Å². The van der Waals surface area contributed by atoms with E-state index in [1.807, 2.05) is 36.5 Å². The van der Waals surface area contributed by atoms with E-state index in [2.05, 4.69) is 14.8 Å². The van der Waals surface area contributed by atoms with Crippen molar-refractivity contribution in [1.82, 2.24) is 19.5 Å². The van der Waals surface area contributed by atoms with Gasteiger partial charge >= 0.3 is 0 Å². The predicted octanol–water partition coefficient (Wildman–Crippen LogP) is 2.26. The Morgan fingerprint density at radius 2 is 2.10 bits per heavy atom. The Labute approximate surface area is 120 Å². The molecule has 1 N–H and O–H groups in total. The Balaban J connectivity index is 1.77. The van der Waals surface area contributed by atoms with Gasteiger partial charge in [-0.15, -0.1) is 0 Å². The molecule has 5 nitrogen and oxygen atoms in total. The van der Waals surface area contributed by atoms with E-state index in [4.69, 9.17) is 0 Å². The average Bonchev–Trinajstić information content (AvgIpc) is 3.17. The van der Waals surface area contributed by atoms with Crippen molar-refractivity contribution in [3.63, 3.8) is 0 Å². The van der Waals surface area contributed by atoms with Gasteiger partial charge in [0.25, 0.3) is 5.91 Å². The first-order valence-electron chi connectivity index (χ1n) is 6.11. The first kappa shape index (κ1) is 12.6. The van der Waals surface area contributed by atoms with Crippen molar-refractivity contribution in [2.24, 2.45) is 0 Å². The second kappa shape index (κ2) is 5.66. The summed E-state index contributed by atoms with van der Waals surface area (Å²) in [6.45, 7) is 0.451. The normalized spacial score (nSPS) is 10.4.